The molecule has 6 aromatic rings. The van der Waals surface area contributed by atoms with Crippen molar-refractivity contribution in [3.63, 3.8) is 0 Å². The number of nitrogens with zero attached hydrogens (tertiary/aromatic N) is 4. The fraction of sp³-hybridized carbons (Fsp3) is 0.0909. The molecule has 0 atom stereocenters. The predicted octanol–water partition coefficient (Wildman–Crippen LogP) is 6.64. The van der Waals surface area contributed by atoms with E-state index in [0.717, 1.165) is 43.5 Å². The first-order valence-corrected chi connectivity index (χ1v) is 14.8. The molecule has 6 rings (SSSR count). The summed E-state index contributed by atoms with van der Waals surface area (Å²) in [4.78, 5) is 4.06. The van der Waals surface area contributed by atoms with E-state index in [-0.39, 0.29) is 0 Å². The van der Waals surface area contributed by atoms with E-state index in [4.69, 9.17) is 11.7 Å². The second kappa shape index (κ2) is 13.1. The van der Waals surface area contributed by atoms with Crippen LogP contribution in [-0.2, 0) is 6.54 Å². The average molecular weight is 577 g/mol. The van der Waals surface area contributed by atoms with E-state index in [1.807, 2.05) is 48.5 Å². The van der Waals surface area contributed by atoms with Crippen molar-refractivity contribution in [2.45, 2.75) is 20.4 Å². The maximum atomic E-state index is 5.74. The second-order valence-electron chi connectivity index (χ2n) is 9.32. The van der Waals surface area contributed by atoms with Crippen LogP contribution in [0.5, 0.6) is 0 Å². The molecule has 0 spiro atoms. The highest BCUT2D eigenvalue weighted by atomic mass is 32.1. The summed E-state index contributed by atoms with van der Waals surface area (Å²) in [7, 11) is 0. The Kier molecular flexibility index (Phi) is 8.93. The zero-order chi connectivity index (χ0) is 28.6. The Labute approximate surface area is 247 Å². The lowest BCUT2D eigenvalue weighted by Gasteiger charge is -2.11. The van der Waals surface area contributed by atoms with Crippen LogP contribution in [-0.4, -0.2) is 9.13 Å². The van der Waals surface area contributed by atoms with Gasteiger partial charge in [0.25, 0.3) is 0 Å². The van der Waals surface area contributed by atoms with E-state index in [0.29, 0.717) is 0 Å². The number of hydrogen-bond donors (Lipinski definition) is 2. The monoisotopic (exact) mass is 576 g/mol. The highest BCUT2D eigenvalue weighted by molar-refractivity contribution is 7.13. The van der Waals surface area contributed by atoms with Gasteiger partial charge in [-0.15, -0.1) is 11.3 Å². The van der Waals surface area contributed by atoms with E-state index in [1.54, 1.807) is 22.7 Å². The molecule has 41 heavy (non-hydrogen) atoms. The van der Waals surface area contributed by atoms with Crippen molar-refractivity contribution in [3.05, 3.63) is 147 Å². The Hall–Kier alpha value is -4.66. The Morgan fingerprint density at radius 3 is 1.68 bits per heavy atom. The van der Waals surface area contributed by atoms with Gasteiger partial charge in [0.05, 0.1) is 17.1 Å². The topological polar surface area (TPSA) is 86.6 Å². The number of benzene rings is 4. The quantitative estimate of drug-likeness (QED) is 0.178. The van der Waals surface area contributed by atoms with Crippen molar-refractivity contribution in [1.82, 2.24) is 9.13 Å². The van der Waals surface area contributed by atoms with E-state index >= 15 is 0 Å². The van der Waals surface area contributed by atoms with Crippen molar-refractivity contribution >= 4 is 22.7 Å². The van der Waals surface area contributed by atoms with Crippen molar-refractivity contribution in [2.75, 3.05) is 0 Å². The van der Waals surface area contributed by atoms with E-state index in [9.17, 15) is 0 Å². The Balaban J connectivity index is 0.000000182. The molecule has 2 heterocycles. The van der Waals surface area contributed by atoms with Crippen LogP contribution in [0.3, 0.4) is 0 Å². The minimum Gasteiger partial charge on any atom is -0.320 e. The minimum atomic E-state index is 0.768. The molecule has 0 aliphatic heterocycles. The normalized spacial score (nSPS) is 11.8. The molecule has 0 bridgehead atoms. The Morgan fingerprint density at radius 1 is 0.610 bits per heavy atom. The lowest BCUT2D eigenvalue weighted by atomic mass is 10.1. The van der Waals surface area contributed by atoms with Crippen LogP contribution < -0.4 is 21.3 Å². The molecule has 0 aliphatic rings. The van der Waals surface area contributed by atoms with Gasteiger partial charge in [0.1, 0.15) is 0 Å². The summed E-state index contributed by atoms with van der Waals surface area (Å²) in [6.07, 6.45) is 0. The molecule has 6 nitrogen and oxygen atoms in total. The number of nitrogens with two attached hydrogens (primary N) is 2. The summed E-state index contributed by atoms with van der Waals surface area (Å²) in [5, 5.41) is 7.89. The van der Waals surface area contributed by atoms with Crippen molar-refractivity contribution in [3.8, 4) is 27.4 Å². The molecule has 0 aliphatic carbocycles. The SMILES string of the molecule is Cc1sc(=NN)n(Cc2ccccc2)c1C.NN=c1sc(-c2ccccc2)c(-c2ccccc2)n1-c1ccccc1. The summed E-state index contributed by atoms with van der Waals surface area (Å²) in [5.41, 5.74) is 6.94. The summed E-state index contributed by atoms with van der Waals surface area (Å²) >= 11 is 3.23. The van der Waals surface area contributed by atoms with Gasteiger partial charge >= 0.3 is 0 Å². The lowest BCUT2D eigenvalue weighted by molar-refractivity contribution is 0.731. The Morgan fingerprint density at radius 2 is 1.12 bits per heavy atom. The molecular weight excluding hydrogens is 545 g/mol. The molecule has 0 saturated carbocycles. The molecule has 0 unspecified atom stereocenters. The van der Waals surface area contributed by atoms with E-state index in [2.05, 4.69) is 106 Å². The molecule has 2 aromatic heterocycles. The van der Waals surface area contributed by atoms with E-state index < -0.39 is 0 Å². The number of rotatable bonds is 5. The van der Waals surface area contributed by atoms with Gasteiger partial charge in [-0.05, 0) is 37.1 Å². The van der Waals surface area contributed by atoms with Gasteiger partial charge in [0.15, 0.2) is 0 Å². The fourth-order valence-electron chi connectivity index (χ4n) is 4.57. The first-order valence-electron chi connectivity index (χ1n) is 13.2. The molecular formula is C33H32N6S2. The third-order valence-corrected chi connectivity index (χ3v) is 8.93. The molecule has 0 amide bonds. The summed E-state index contributed by atoms with van der Waals surface area (Å²) in [6.45, 7) is 5.02. The van der Waals surface area contributed by atoms with Gasteiger partial charge in [0, 0.05) is 21.8 Å². The number of aromatic nitrogens is 2. The maximum Gasteiger partial charge on any atom is 0.213 e. The molecule has 4 aromatic carbocycles. The number of hydrogen-bond acceptors (Lipinski definition) is 6. The zero-order valence-electron chi connectivity index (χ0n) is 23.0. The van der Waals surface area contributed by atoms with Crippen LogP contribution in [0.4, 0.5) is 0 Å². The third-order valence-electron chi connectivity index (χ3n) is 6.71. The standard InChI is InChI=1S/C21H17N3S.C12H15N3S/c22-23-21-24(18-14-8-3-9-15-18)19(16-10-4-1-5-11-16)20(25-21)17-12-6-2-7-13-17;1-9-10(2)16-12(14-13)15(9)8-11-6-4-3-5-7-11/h1-15H,22H2;3-7H,8,13H2,1-2H3. The van der Waals surface area contributed by atoms with Gasteiger partial charge in [-0.3, -0.25) is 4.57 Å². The van der Waals surface area contributed by atoms with Crippen LogP contribution in [0.25, 0.3) is 27.4 Å². The highest BCUT2D eigenvalue weighted by Gasteiger charge is 2.18. The summed E-state index contributed by atoms with van der Waals surface area (Å²) in [6, 6.07) is 41.3. The number of para-hydroxylation sites is 1. The minimum absolute atomic E-state index is 0.768. The smallest absolute Gasteiger partial charge is 0.213 e. The van der Waals surface area contributed by atoms with Crippen LogP contribution in [0.15, 0.2) is 132 Å². The van der Waals surface area contributed by atoms with Gasteiger partial charge < -0.3 is 16.3 Å². The molecule has 0 radical (unpaired) electrons. The molecule has 0 fully saturated rings. The van der Waals surface area contributed by atoms with Gasteiger partial charge in [0.2, 0.25) is 9.60 Å². The molecule has 0 saturated heterocycles. The van der Waals surface area contributed by atoms with E-state index in [1.165, 1.54) is 16.1 Å². The average Bonchev–Trinajstić information content (AvgIpc) is 3.56. The molecule has 206 valence electrons. The molecule has 4 N–H and O–H groups in total. The van der Waals surface area contributed by atoms with Gasteiger partial charge in [-0.2, -0.15) is 10.2 Å². The van der Waals surface area contributed by atoms with Crippen LogP contribution >= 0.6 is 22.7 Å². The lowest BCUT2D eigenvalue weighted by Crippen LogP contribution is -2.18. The first kappa shape index (κ1) is 27.9. The highest BCUT2D eigenvalue weighted by Crippen LogP contribution is 2.36. The van der Waals surface area contributed by atoms with Crippen molar-refractivity contribution in [1.29, 1.82) is 0 Å². The van der Waals surface area contributed by atoms with Gasteiger partial charge in [-0.25, -0.2) is 0 Å². The zero-order valence-corrected chi connectivity index (χ0v) is 24.6. The Bertz CT molecular complexity index is 1830. The maximum absolute atomic E-state index is 5.74. The number of thiazole rings is 2. The van der Waals surface area contributed by atoms with Crippen LogP contribution in [0.1, 0.15) is 16.1 Å². The summed E-state index contributed by atoms with van der Waals surface area (Å²) < 4.78 is 4.28. The first-order chi connectivity index (χ1) is 20.1. The second-order valence-corrected chi connectivity index (χ2v) is 11.5. The fourth-order valence-corrected chi connectivity index (χ4v) is 6.55. The van der Waals surface area contributed by atoms with Crippen molar-refractivity contribution < 1.29 is 0 Å². The molecule has 8 heteroatoms. The van der Waals surface area contributed by atoms with Crippen LogP contribution in [0, 0.1) is 13.8 Å². The summed E-state index contributed by atoms with van der Waals surface area (Å²) in [5.74, 6) is 11.1. The number of aryl methyl sites for hydroxylation is 1. The predicted molar refractivity (Wildman–Crippen MR) is 171 cm³/mol. The van der Waals surface area contributed by atoms with Crippen molar-refractivity contribution in [2.24, 2.45) is 21.9 Å². The van der Waals surface area contributed by atoms with Gasteiger partial charge in [-0.1, -0.05) is 121 Å². The largest absolute Gasteiger partial charge is 0.320 e. The van der Waals surface area contributed by atoms with Crippen LogP contribution in [0.2, 0.25) is 0 Å². The third kappa shape index (κ3) is 6.24.